The van der Waals surface area contributed by atoms with Crippen molar-refractivity contribution in [1.82, 2.24) is 4.90 Å². The van der Waals surface area contributed by atoms with Crippen molar-refractivity contribution in [3.8, 4) is 0 Å². The van der Waals surface area contributed by atoms with Crippen LogP contribution in [0.2, 0.25) is 0 Å². The Hall–Kier alpha value is -0.860. The summed E-state index contributed by atoms with van der Waals surface area (Å²) in [6.07, 6.45) is 0. The molecule has 0 spiro atoms. The van der Waals surface area contributed by atoms with Crippen molar-refractivity contribution in [3.05, 3.63) is 35.9 Å². The summed E-state index contributed by atoms with van der Waals surface area (Å²) in [5.41, 5.74) is 0.641. The number of nitrogens with zero attached hydrogens (tertiary/aromatic N) is 1. The molecule has 0 aliphatic carbocycles. The van der Waals surface area contributed by atoms with Crippen LogP contribution in [0, 0.1) is 0 Å². The SMILES string of the molecule is CC(c1ccccc1)N(C)CC(C)(C)O. The van der Waals surface area contributed by atoms with Gasteiger partial charge in [0.05, 0.1) is 5.60 Å². The van der Waals surface area contributed by atoms with Crippen molar-refractivity contribution >= 4 is 0 Å². The number of likely N-dealkylation sites (N-methyl/N-ethyl adjacent to an activating group) is 1. The van der Waals surface area contributed by atoms with Gasteiger partial charge in [-0.15, -0.1) is 0 Å². The summed E-state index contributed by atoms with van der Waals surface area (Å²) in [6, 6.07) is 10.7. The minimum absolute atomic E-state index is 0.331. The highest BCUT2D eigenvalue weighted by Crippen LogP contribution is 2.19. The predicted octanol–water partition coefficient (Wildman–Crippen LogP) is 2.45. The highest BCUT2D eigenvalue weighted by molar-refractivity contribution is 5.18. The first-order chi connectivity index (χ1) is 6.90. The van der Waals surface area contributed by atoms with Gasteiger partial charge in [0.15, 0.2) is 0 Å². The Labute approximate surface area is 92.5 Å². The Bertz CT molecular complexity index is 289. The summed E-state index contributed by atoms with van der Waals surface area (Å²) in [5, 5.41) is 9.74. The lowest BCUT2D eigenvalue weighted by Gasteiger charge is -2.30. The first-order valence-corrected chi connectivity index (χ1v) is 5.38. The lowest BCUT2D eigenvalue weighted by atomic mass is 10.0. The molecule has 15 heavy (non-hydrogen) atoms. The second-order valence-electron chi connectivity index (χ2n) is 4.81. The normalized spacial score (nSPS) is 14.3. The minimum Gasteiger partial charge on any atom is -0.389 e. The molecule has 0 aromatic heterocycles. The van der Waals surface area contributed by atoms with Gasteiger partial charge in [-0.05, 0) is 33.4 Å². The van der Waals surface area contributed by atoms with Gasteiger partial charge in [0.2, 0.25) is 0 Å². The van der Waals surface area contributed by atoms with Gasteiger partial charge in [-0.25, -0.2) is 0 Å². The third-order valence-electron chi connectivity index (χ3n) is 2.58. The van der Waals surface area contributed by atoms with Crippen molar-refractivity contribution in [3.63, 3.8) is 0 Å². The minimum atomic E-state index is -0.641. The highest BCUT2D eigenvalue weighted by atomic mass is 16.3. The number of benzene rings is 1. The van der Waals surface area contributed by atoms with Gasteiger partial charge in [0.25, 0.3) is 0 Å². The van der Waals surface area contributed by atoms with Crippen molar-refractivity contribution in [2.24, 2.45) is 0 Å². The van der Waals surface area contributed by atoms with E-state index in [0.29, 0.717) is 12.6 Å². The average molecular weight is 207 g/mol. The molecule has 0 saturated heterocycles. The lowest BCUT2D eigenvalue weighted by Crippen LogP contribution is -2.37. The first kappa shape index (κ1) is 12.2. The van der Waals surface area contributed by atoms with Crippen molar-refractivity contribution in [2.45, 2.75) is 32.4 Å². The van der Waals surface area contributed by atoms with Crippen LogP contribution >= 0.6 is 0 Å². The van der Waals surface area contributed by atoms with Crippen LogP contribution in [0.4, 0.5) is 0 Å². The molecular weight excluding hydrogens is 186 g/mol. The van der Waals surface area contributed by atoms with E-state index in [0.717, 1.165) is 0 Å². The molecule has 1 unspecified atom stereocenters. The van der Waals surface area contributed by atoms with E-state index in [1.807, 2.05) is 39.1 Å². The van der Waals surface area contributed by atoms with Crippen molar-refractivity contribution in [2.75, 3.05) is 13.6 Å². The van der Waals surface area contributed by atoms with Crippen LogP contribution in [-0.2, 0) is 0 Å². The number of hydrogen-bond donors (Lipinski definition) is 1. The number of hydrogen-bond acceptors (Lipinski definition) is 2. The predicted molar refractivity (Wildman–Crippen MR) is 63.8 cm³/mol. The van der Waals surface area contributed by atoms with Crippen LogP contribution in [0.3, 0.4) is 0 Å². The molecule has 1 aromatic carbocycles. The van der Waals surface area contributed by atoms with E-state index in [9.17, 15) is 5.11 Å². The molecule has 0 aliphatic heterocycles. The third kappa shape index (κ3) is 4.02. The van der Waals surface area contributed by atoms with Crippen LogP contribution in [0.25, 0.3) is 0 Å². The maximum atomic E-state index is 9.74. The molecular formula is C13H21NO. The molecule has 0 fully saturated rings. The standard InChI is InChI=1S/C13H21NO/c1-11(12-8-6-5-7-9-12)14(4)10-13(2,3)15/h5-9,11,15H,10H2,1-4H3. The Balaban J connectivity index is 2.65. The number of aliphatic hydroxyl groups is 1. The Kier molecular flexibility index (Phi) is 3.89. The van der Waals surface area contributed by atoms with E-state index >= 15 is 0 Å². The molecule has 1 rings (SSSR count). The maximum absolute atomic E-state index is 9.74. The highest BCUT2D eigenvalue weighted by Gasteiger charge is 2.19. The zero-order chi connectivity index (χ0) is 11.5. The summed E-state index contributed by atoms with van der Waals surface area (Å²) < 4.78 is 0. The van der Waals surface area contributed by atoms with E-state index < -0.39 is 5.60 Å². The van der Waals surface area contributed by atoms with E-state index in [2.05, 4.69) is 24.0 Å². The van der Waals surface area contributed by atoms with Gasteiger partial charge >= 0.3 is 0 Å². The molecule has 0 radical (unpaired) electrons. The zero-order valence-electron chi connectivity index (χ0n) is 10.1. The molecule has 0 saturated carbocycles. The molecule has 1 N–H and O–H groups in total. The van der Waals surface area contributed by atoms with Crippen LogP contribution in [0.15, 0.2) is 30.3 Å². The smallest absolute Gasteiger partial charge is 0.0718 e. The van der Waals surface area contributed by atoms with Gasteiger partial charge in [-0.3, -0.25) is 4.90 Å². The summed E-state index contributed by atoms with van der Waals surface area (Å²) in [7, 11) is 2.04. The monoisotopic (exact) mass is 207 g/mol. The van der Waals surface area contributed by atoms with E-state index in [1.54, 1.807) is 0 Å². The molecule has 1 atom stereocenters. The Morgan fingerprint density at radius 3 is 2.27 bits per heavy atom. The van der Waals surface area contributed by atoms with Crippen LogP contribution in [0.1, 0.15) is 32.4 Å². The Morgan fingerprint density at radius 2 is 1.80 bits per heavy atom. The molecule has 0 aliphatic rings. The first-order valence-electron chi connectivity index (χ1n) is 5.38. The van der Waals surface area contributed by atoms with Gasteiger partial charge in [0, 0.05) is 12.6 Å². The van der Waals surface area contributed by atoms with E-state index in [4.69, 9.17) is 0 Å². The molecule has 0 bridgehead atoms. The fourth-order valence-electron chi connectivity index (χ4n) is 1.73. The topological polar surface area (TPSA) is 23.5 Å². The largest absolute Gasteiger partial charge is 0.389 e. The summed E-state index contributed by atoms with van der Waals surface area (Å²) in [6.45, 7) is 6.49. The molecule has 84 valence electrons. The molecule has 1 aromatic rings. The summed E-state index contributed by atoms with van der Waals surface area (Å²) in [4.78, 5) is 2.16. The fourth-order valence-corrected chi connectivity index (χ4v) is 1.73. The molecule has 2 heteroatoms. The van der Waals surface area contributed by atoms with Crippen molar-refractivity contribution in [1.29, 1.82) is 0 Å². The van der Waals surface area contributed by atoms with Crippen LogP contribution in [0.5, 0.6) is 0 Å². The van der Waals surface area contributed by atoms with Gasteiger partial charge in [-0.1, -0.05) is 30.3 Å². The van der Waals surface area contributed by atoms with Crippen molar-refractivity contribution < 1.29 is 5.11 Å². The second kappa shape index (κ2) is 4.77. The summed E-state index contributed by atoms with van der Waals surface area (Å²) >= 11 is 0. The quantitative estimate of drug-likeness (QED) is 0.819. The van der Waals surface area contributed by atoms with E-state index in [1.165, 1.54) is 5.56 Å². The van der Waals surface area contributed by atoms with E-state index in [-0.39, 0.29) is 0 Å². The fraction of sp³-hybridized carbons (Fsp3) is 0.538. The Morgan fingerprint density at radius 1 is 1.27 bits per heavy atom. The van der Waals surface area contributed by atoms with Gasteiger partial charge in [0.1, 0.15) is 0 Å². The van der Waals surface area contributed by atoms with Crippen LogP contribution < -0.4 is 0 Å². The molecule has 2 nitrogen and oxygen atoms in total. The zero-order valence-corrected chi connectivity index (χ0v) is 10.1. The molecule has 0 amide bonds. The second-order valence-corrected chi connectivity index (χ2v) is 4.81. The maximum Gasteiger partial charge on any atom is 0.0718 e. The van der Waals surface area contributed by atoms with Crippen LogP contribution in [-0.4, -0.2) is 29.2 Å². The molecule has 0 heterocycles. The van der Waals surface area contributed by atoms with Gasteiger partial charge < -0.3 is 5.11 Å². The lowest BCUT2D eigenvalue weighted by molar-refractivity contribution is 0.0334. The summed E-state index contributed by atoms with van der Waals surface area (Å²) in [5.74, 6) is 0. The van der Waals surface area contributed by atoms with Gasteiger partial charge in [-0.2, -0.15) is 0 Å². The average Bonchev–Trinajstić information content (AvgIpc) is 2.15. The number of rotatable bonds is 4. The third-order valence-corrected chi connectivity index (χ3v) is 2.58.